The third-order valence-corrected chi connectivity index (χ3v) is 3.93. The number of hydrogen-bond donors (Lipinski definition) is 2. The fourth-order valence-corrected chi connectivity index (χ4v) is 2.72. The molecule has 0 saturated carbocycles. The molecule has 24 heavy (non-hydrogen) atoms. The van der Waals surface area contributed by atoms with E-state index in [1.54, 1.807) is 35.2 Å². The second-order valence-electron chi connectivity index (χ2n) is 5.49. The molecule has 2 aromatic carbocycles. The number of halogens is 2. The number of carbonyl (C=O) groups is 2. The largest absolute Gasteiger partial charge is 0.333 e. The maximum absolute atomic E-state index is 13.1. The van der Waals surface area contributed by atoms with Crippen LogP contribution in [0, 0.1) is 5.82 Å². The second-order valence-corrected chi connectivity index (χ2v) is 5.93. The standard InChI is InChI=1S/C17H15ClFN3O2/c18-11-4-6-15(7-5-11)22-10-14(9-16(22)23)21-17(24)20-13-3-1-2-12(19)8-13/h1-8,14H,9-10H2,(H2,20,21,24)/t14-/m0/s1. The highest BCUT2D eigenvalue weighted by atomic mass is 35.5. The van der Waals surface area contributed by atoms with Crippen molar-refractivity contribution in [3.8, 4) is 0 Å². The fourth-order valence-electron chi connectivity index (χ4n) is 2.59. The summed E-state index contributed by atoms with van der Waals surface area (Å²) >= 11 is 5.84. The number of nitrogens with zero attached hydrogens (tertiary/aromatic N) is 1. The van der Waals surface area contributed by atoms with Crippen LogP contribution in [0.15, 0.2) is 48.5 Å². The lowest BCUT2D eigenvalue weighted by molar-refractivity contribution is -0.117. The molecule has 1 aliphatic heterocycles. The zero-order valence-corrected chi connectivity index (χ0v) is 13.4. The van der Waals surface area contributed by atoms with Gasteiger partial charge in [-0.05, 0) is 42.5 Å². The number of hydrogen-bond acceptors (Lipinski definition) is 2. The highest BCUT2D eigenvalue weighted by Gasteiger charge is 2.31. The van der Waals surface area contributed by atoms with Crippen LogP contribution in [0.2, 0.25) is 5.02 Å². The summed E-state index contributed by atoms with van der Waals surface area (Å²) in [5.74, 6) is -0.508. The van der Waals surface area contributed by atoms with Crippen molar-refractivity contribution in [3.63, 3.8) is 0 Å². The number of rotatable bonds is 3. The molecular weight excluding hydrogens is 333 g/mol. The predicted octanol–water partition coefficient (Wildman–Crippen LogP) is 3.41. The molecule has 0 spiro atoms. The Morgan fingerprint density at radius 3 is 2.67 bits per heavy atom. The van der Waals surface area contributed by atoms with E-state index in [2.05, 4.69) is 10.6 Å². The van der Waals surface area contributed by atoms with Crippen LogP contribution >= 0.6 is 11.6 Å². The van der Waals surface area contributed by atoms with Crippen LogP contribution < -0.4 is 15.5 Å². The lowest BCUT2D eigenvalue weighted by Gasteiger charge is -2.17. The first-order valence-corrected chi connectivity index (χ1v) is 7.78. The van der Waals surface area contributed by atoms with E-state index < -0.39 is 11.8 Å². The van der Waals surface area contributed by atoms with E-state index in [1.165, 1.54) is 18.2 Å². The van der Waals surface area contributed by atoms with Crippen LogP contribution in [0.4, 0.5) is 20.6 Å². The first-order valence-electron chi connectivity index (χ1n) is 7.40. The molecule has 0 bridgehead atoms. The number of benzene rings is 2. The SMILES string of the molecule is O=C(Nc1cccc(F)c1)N[C@H]1CC(=O)N(c2ccc(Cl)cc2)C1. The Morgan fingerprint density at radius 2 is 1.96 bits per heavy atom. The quantitative estimate of drug-likeness (QED) is 0.893. The molecule has 0 aromatic heterocycles. The molecule has 2 aromatic rings. The molecule has 0 radical (unpaired) electrons. The van der Waals surface area contributed by atoms with Crippen molar-refractivity contribution in [3.05, 3.63) is 59.4 Å². The van der Waals surface area contributed by atoms with Gasteiger partial charge in [-0.1, -0.05) is 17.7 Å². The average molecular weight is 348 g/mol. The predicted molar refractivity (Wildman–Crippen MR) is 90.8 cm³/mol. The Labute approximate surface area is 143 Å². The molecule has 3 rings (SSSR count). The zero-order valence-electron chi connectivity index (χ0n) is 12.6. The Kier molecular flexibility index (Phi) is 4.66. The van der Waals surface area contributed by atoms with Crippen LogP contribution in [-0.2, 0) is 4.79 Å². The van der Waals surface area contributed by atoms with Gasteiger partial charge in [0.2, 0.25) is 5.91 Å². The number of carbonyl (C=O) groups excluding carboxylic acids is 2. The minimum atomic E-state index is -0.476. The number of nitrogens with one attached hydrogen (secondary N) is 2. The first kappa shape index (κ1) is 16.3. The summed E-state index contributed by atoms with van der Waals surface area (Å²) in [7, 11) is 0. The van der Waals surface area contributed by atoms with Gasteiger partial charge in [-0.25, -0.2) is 9.18 Å². The molecule has 1 atom stereocenters. The van der Waals surface area contributed by atoms with Gasteiger partial charge in [-0.3, -0.25) is 4.79 Å². The van der Waals surface area contributed by atoms with Crippen molar-refractivity contribution in [2.45, 2.75) is 12.5 Å². The smallest absolute Gasteiger partial charge is 0.319 e. The van der Waals surface area contributed by atoms with E-state index in [-0.39, 0.29) is 18.4 Å². The summed E-state index contributed by atoms with van der Waals surface area (Å²) in [4.78, 5) is 25.7. The maximum atomic E-state index is 13.1. The van der Waals surface area contributed by atoms with E-state index >= 15 is 0 Å². The topological polar surface area (TPSA) is 61.4 Å². The molecule has 1 fully saturated rings. The summed E-state index contributed by atoms with van der Waals surface area (Å²) in [5.41, 5.74) is 1.09. The lowest BCUT2D eigenvalue weighted by Crippen LogP contribution is -2.39. The van der Waals surface area contributed by atoms with Gasteiger partial charge in [0, 0.05) is 29.4 Å². The summed E-state index contributed by atoms with van der Waals surface area (Å²) in [6.45, 7) is 0.372. The average Bonchev–Trinajstić information content (AvgIpc) is 2.88. The van der Waals surface area contributed by atoms with Crippen LogP contribution in [-0.4, -0.2) is 24.5 Å². The third kappa shape index (κ3) is 3.83. The van der Waals surface area contributed by atoms with Gasteiger partial charge in [0.1, 0.15) is 5.82 Å². The zero-order chi connectivity index (χ0) is 17.1. The molecule has 124 valence electrons. The summed E-state index contributed by atoms with van der Waals surface area (Å²) in [5, 5.41) is 5.87. The third-order valence-electron chi connectivity index (χ3n) is 3.68. The fraction of sp³-hybridized carbons (Fsp3) is 0.176. The number of anilines is 2. The van der Waals surface area contributed by atoms with Crippen LogP contribution in [0.1, 0.15) is 6.42 Å². The van der Waals surface area contributed by atoms with Gasteiger partial charge in [-0.15, -0.1) is 0 Å². The van der Waals surface area contributed by atoms with Gasteiger partial charge < -0.3 is 15.5 Å². The van der Waals surface area contributed by atoms with Gasteiger partial charge in [0.25, 0.3) is 0 Å². The summed E-state index contributed by atoms with van der Waals surface area (Å²) in [6.07, 6.45) is 0.208. The normalized spacial score (nSPS) is 17.0. The monoisotopic (exact) mass is 347 g/mol. The summed E-state index contributed by atoms with van der Waals surface area (Å²) in [6, 6.07) is 11.8. The van der Waals surface area contributed by atoms with Gasteiger partial charge >= 0.3 is 6.03 Å². The van der Waals surface area contributed by atoms with Crippen molar-refractivity contribution < 1.29 is 14.0 Å². The van der Waals surface area contributed by atoms with Gasteiger partial charge in [0.15, 0.2) is 0 Å². The van der Waals surface area contributed by atoms with E-state index in [0.29, 0.717) is 17.3 Å². The molecule has 0 unspecified atom stereocenters. The van der Waals surface area contributed by atoms with Gasteiger partial charge in [0.05, 0.1) is 6.04 Å². The van der Waals surface area contributed by atoms with Crippen molar-refractivity contribution in [1.29, 1.82) is 0 Å². The van der Waals surface area contributed by atoms with Gasteiger partial charge in [-0.2, -0.15) is 0 Å². The van der Waals surface area contributed by atoms with Crippen LogP contribution in [0.5, 0.6) is 0 Å². The Morgan fingerprint density at radius 1 is 1.21 bits per heavy atom. The maximum Gasteiger partial charge on any atom is 0.319 e. The highest BCUT2D eigenvalue weighted by Crippen LogP contribution is 2.23. The molecular formula is C17H15ClFN3O2. The minimum Gasteiger partial charge on any atom is -0.333 e. The Hall–Kier alpha value is -2.60. The van der Waals surface area contributed by atoms with Crippen LogP contribution in [0.25, 0.3) is 0 Å². The molecule has 5 nitrogen and oxygen atoms in total. The van der Waals surface area contributed by atoms with Crippen molar-refractivity contribution in [2.75, 3.05) is 16.8 Å². The van der Waals surface area contributed by atoms with E-state index in [9.17, 15) is 14.0 Å². The van der Waals surface area contributed by atoms with E-state index in [1.807, 2.05) is 0 Å². The molecule has 3 amide bonds. The number of urea groups is 1. The molecule has 1 aliphatic rings. The second kappa shape index (κ2) is 6.88. The summed E-state index contributed by atoms with van der Waals surface area (Å²) < 4.78 is 13.1. The highest BCUT2D eigenvalue weighted by molar-refractivity contribution is 6.30. The molecule has 7 heteroatoms. The van der Waals surface area contributed by atoms with Crippen molar-refractivity contribution in [1.82, 2.24) is 5.32 Å². The van der Waals surface area contributed by atoms with E-state index in [0.717, 1.165) is 5.69 Å². The molecule has 1 saturated heterocycles. The van der Waals surface area contributed by atoms with Crippen molar-refractivity contribution >= 4 is 34.9 Å². The Balaban J connectivity index is 1.59. The van der Waals surface area contributed by atoms with Crippen molar-refractivity contribution in [2.24, 2.45) is 0 Å². The van der Waals surface area contributed by atoms with Crippen LogP contribution in [0.3, 0.4) is 0 Å². The number of amides is 3. The molecule has 2 N–H and O–H groups in total. The minimum absolute atomic E-state index is 0.0756. The molecule has 0 aliphatic carbocycles. The Bertz CT molecular complexity index is 767. The lowest BCUT2D eigenvalue weighted by atomic mass is 10.2. The first-order chi connectivity index (χ1) is 11.5. The molecule has 1 heterocycles. The van der Waals surface area contributed by atoms with E-state index in [4.69, 9.17) is 11.6 Å².